The standard InChI is InChI=1S/C19H12BrNO3S3/c20-16-10-9-15(25-16)17-18(22)13-3-1-2-4-14(13)26-19(17)11-5-7-12(8-6-11)27(21,23)24/h1-10H,(H2,21,23,24). The molecule has 0 atom stereocenters. The lowest BCUT2D eigenvalue weighted by atomic mass is 10.1. The molecule has 0 aliphatic carbocycles. The van der Waals surface area contributed by atoms with Crippen LogP contribution in [0, 0.1) is 0 Å². The molecule has 0 spiro atoms. The average Bonchev–Trinajstić information content (AvgIpc) is 3.07. The molecule has 0 fully saturated rings. The van der Waals surface area contributed by atoms with Gasteiger partial charge in [0, 0.05) is 19.8 Å². The normalized spacial score (nSPS) is 11.8. The number of fused-ring (bicyclic) bond motifs is 1. The molecule has 2 N–H and O–H groups in total. The predicted octanol–water partition coefficient (Wildman–Crippen LogP) is 5.07. The number of nitrogens with two attached hydrogens (primary N) is 1. The Labute approximate surface area is 172 Å². The van der Waals surface area contributed by atoms with E-state index in [1.165, 1.54) is 34.8 Å². The highest BCUT2D eigenvalue weighted by atomic mass is 79.9. The average molecular weight is 478 g/mol. The molecule has 2 heterocycles. The smallest absolute Gasteiger partial charge is 0.238 e. The molecule has 8 heteroatoms. The second-order valence-electron chi connectivity index (χ2n) is 5.80. The fourth-order valence-corrected chi connectivity index (χ4v) is 6.02. The number of rotatable bonds is 3. The zero-order valence-electron chi connectivity index (χ0n) is 13.7. The van der Waals surface area contributed by atoms with Crippen molar-refractivity contribution in [2.75, 3.05) is 0 Å². The van der Waals surface area contributed by atoms with Gasteiger partial charge in [0.05, 0.1) is 14.2 Å². The van der Waals surface area contributed by atoms with Crippen molar-refractivity contribution < 1.29 is 8.42 Å². The molecule has 2 aromatic carbocycles. The summed E-state index contributed by atoms with van der Waals surface area (Å²) in [6.45, 7) is 0. The van der Waals surface area contributed by atoms with E-state index in [1.807, 2.05) is 36.4 Å². The molecule has 4 rings (SSSR count). The number of primary sulfonamides is 1. The van der Waals surface area contributed by atoms with Gasteiger partial charge in [0.25, 0.3) is 0 Å². The van der Waals surface area contributed by atoms with Gasteiger partial charge in [0.15, 0.2) is 5.43 Å². The lowest BCUT2D eigenvalue weighted by molar-refractivity contribution is 0.598. The third-order valence-corrected chi connectivity index (χ3v) is 7.85. The number of hydrogen-bond acceptors (Lipinski definition) is 5. The molecule has 0 saturated heterocycles. The largest absolute Gasteiger partial charge is 0.288 e. The van der Waals surface area contributed by atoms with Crippen molar-refractivity contribution in [2.45, 2.75) is 4.90 Å². The molecule has 0 radical (unpaired) electrons. The van der Waals surface area contributed by atoms with Gasteiger partial charge in [0.2, 0.25) is 10.0 Å². The fourth-order valence-electron chi connectivity index (χ4n) is 2.81. The van der Waals surface area contributed by atoms with E-state index in [0.717, 1.165) is 23.8 Å². The molecule has 4 nitrogen and oxygen atoms in total. The molecule has 4 aromatic rings. The summed E-state index contributed by atoms with van der Waals surface area (Å²) in [4.78, 5) is 14.9. The predicted molar refractivity (Wildman–Crippen MR) is 116 cm³/mol. The van der Waals surface area contributed by atoms with Crippen LogP contribution in [0.3, 0.4) is 0 Å². The maximum atomic E-state index is 13.2. The zero-order chi connectivity index (χ0) is 19.2. The van der Waals surface area contributed by atoms with Gasteiger partial charge < -0.3 is 0 Å². The third-order valence-electron chi connectivity index (χ3n) is 4.06. The van der Waals surface area contributed by atoms with Crippen molar-refractivity contribution >= 4 is 58.7 Å². The highest BCUT2D eigenvalue weighted by Gasteiger charge is 2.18. The number of benzene rings is 2. The summed E-state index contributed by atoms with van der Waals surface area (Å²) in [6, 6.07) is 17.6. The van der Waals surface area contributed by atoms with Crippen LogP contribution in [0.2, 0.25) is 0 Å². The van der Waals surface area contributed by atoms with E-state index in [2.05, 4.69) is 15.9 Å². The molecule has 0 unspecified atom stereocenters. The quantitative estimate of drug-likeness (QED) is 0.447. The molecule has 2 aromatic heterocycles. The van der Waals surface area contributed by atoms with Crippen LogP contribution in [0.5, 0.6) is 0 Å². The second-order valence-corrected chi connectivity index (χ2v) is 10.9. The van der Waals surface area contributed by atoms with Crippen LogP contribution in [-0.4, -0.2) is 8.42 Å². The van der Waals surface area contributed by atoms with Crippen molar-refractivity contribution in [1.29, 1.82) is 0 Å². The van der Waals surface area contributed by atoms with Crippen LogP contribution in [0.1, 0.15) is 0 Å². The molecule has 136 valence electrons. The van der Waals surface area contributed by atoms with E-state index in [0.29, 0.717) is 10.9 Å². The lowest BCUT2D eigenvalue weighted by Gasteiger charge is -2.10. The Hall–Kier alpha value is -1.84. The summed E-state index contributed by atoms with van der Waals surface area (Å²) in [5.41, 5.74) is 1.36. The molecule has 0 saturated carbocycles. The van der Waals surface area contributed by atoms with Crippen LogP contribution >= 0.6 is 38.6 Å². The Morgan fingerprint density at radius 2 is 1.59 bits per heavy atom. The summed E-state index contributed by atoms with van der Waals surface area (Å²) < 4.78 is 24.9. The summed E-state index contributed by atoms with van der Waals surface area (Å²) in [5, 5.41) is 5.86. The SMILES string of the molecule is NS(=O)(=O)c1ccc(-c2sc3ccccc3c(=O)c2-c2ccc(Br)s2)cc1. The van der Waals surface area contributed by atoms with Gasteiger partial charge in [0.1, 0.15) is 0 Å². The summed E-state index contributed by atoms with van der Waals surface area (Å²) in [5.74, 6) is 0. The maximum absolute atomic E-state index is 13.2. The monoisotopic (exact) mass is 477 g/mol. The lowest BCUT2D eigenvalue weighted by Crippen LogP contribution is -2.11. The van der Waals surface area contributed by atoms with E-state index in [-0.39, 0.29) is 10.3 Å². The fraction of sp³-hybridized carbons (Fsp3) is 0. The van der Waals surface area contributed by atoms with Crippen LogP contribution < -0.4 is 10.6 Å². The third kappa shape index (κ3) is 3.51. The first kappa shape index (κ1) is 18.5. The van der Waals surface area contributed by atoms with E-state index in [9.17, 15) is 13.2 Å². The van der Waals surface area contributed by atoms with E-state index in [4.69, 9.17) is 5.14 Å². The summed E-state index contributed by atoms with van der Waals surface area (Å²) in [7, 11) is -3.77. The Morgan fingerprint density at radius 1 is 0.889 bits per heavy atom. The molecule has 0 aliphatic rings. The van der Waals surface area contributed by atoms with E-state index in [1.54, 1.807) is 12.1 Å². The minimum Gasteiger partial charge on any atom is -0.288 e. The van der Waals surface area contributed by atoms with Gasteiger partial charge in [-0.1, -0.05) is 24.3 Å². The number of hydrogen-bond donors (Lipinski definition) is 1. The van der Waals surface area contributed by atoms with Crippen molar-refractivity contribution in [3.05, 3.63) is 74.7 Å². The molecular formula is C19H12BrNO3S3. The van der Waals surface area contributed by atoms with Crippen molar-refractivity contribution in [2.24, 2.45) is 5.14 Å². The summed E-state index contributed by atoms with van der Waals surface area (Å²) >= 11 is 6.45. The number of thiophene rings is 1. The highest BCUT2D eigenvalue weighted by Crippen LogP contribution is 2.40. The van der Waals surface area contributed by atoms with Crippen molar-refractivity contribution in [3.8, 4) is 20.9 Å². The van der Waals surface area contributed by atoms with Gasteiger partial charge in [-0.15, -0.1) is 22.7 Å². The van der Waals surface area contributed by atoms with Crippen LogP contribution in [0.15, 0.2) is 74.1 Å². The topological polar surface area (TPSA) is 77.2 Å². The number of sulfonamides is 1. The number of halogens is 1. The van der Waals surface area contributed by atoms with Crippen LogP contribution in [0.25, 0.3) is 31.0 Å². The first-order valence-electron chi connectivity index (χ1n) is 7.79. The Kier molecular flexibility index (Phi) is 4.77. The van der Waals surface area contributed by atoms with E-state index < -0.39 is 10.0 Å². The molecule has 0 amide bonds. The molecule has 0 bridgehead atoms. The van der Waals surface area contributed by atoms with Gasteiger partial charge in [-0.05, 0) is 57.9 Å². The first-order chi connectivity index (χ1) is 12.8. The van der Waals surface area contributed by atoms with Gasteiger partial charge in [-0.3, -0.25) is 4.79 Å². The maximum Gasteiger partial charge on any atom is 0.238 e. The first-order valence-corrected chi connectivity index (χ1v) is 11.8. The van der Waals surface area contributed by atoms with Gasteiger partial charge in [-0.2, -0.15) is 0 Å². The second kappa shape index (κ2) is 6.96. The molecule has 0 aliphatic heterocycles. The Morgan fingerprint density at radius 3 is 2.22 bits per heavy atom. The minimum atomic E-state index is -3.77. The zero-order valence-corrected chi connectivity index (χ0v) is 17.7. The Balaban J connectivity index is 2.03. The highest BCUT2D eigenvalue weighted by molar-refractivity contribution is 9.11. The van der Waals surface area contributed by atoms with Crippen LogP contribution in [-0.2, 0) is 10.0 Å². The van der Waals surface area contributed by atoms with Crippen LogP contribution in [0.4, 0.5) is 0 Å². The molecule has 27 heavy (non-hydrogen) atoms. The van der Waals surface area contributed by atoms with Gasteiger partial charge in [-0.25, -0.2) is 13.6 Å². The minimum absolute atomic E-state index is 0.0378. The Bertz CT molecular complexity index is 1320. The van der Waals surface area contributed by atoms with Crippen molar-refractivity contribution in [3.63, 3.8) is 0 Å². The summed E-state index contributed by atoms with van der Waals surface area (Å²) in [6.07, 6.45) is 0. The van der Waals surface area contributed by atoms with Gasteiger partial charge >= 0.3 is 0 Å². The van der Waals surface area contributed by atoms with E-state index >= 15 is 0 Å². The van der Waals surface area contributed by atoms with Crippen molar-refractivity contribution in [1.82, 2.24) is 0 Å². The molecular weight excluding hydrogens is 466 g/mol.